The largest absolute Gasteiger partial charge is 0.456 e. The van der Waals surface area contributed by atoms with Gasteiger partial charge >= 0.3 is 0 Å². The molecular formula is C81H62N4O2. The predicted molar refractivity (Wildman–Crippen MR) is 363 cm³/mol. The molecule has 0 saturated carbocycles. The highest BCUT2D eigenvalue weighted by Crippen LogP contribution is 2.51. The van der Waals surface area contributed by atoms with Crippen LogP contribution in [-0.4, -0.2) is 35.7 Å². The molecular weight excluding hydrogens is 1060 g/mol. The molecule has 14 rings (SSSR count). The first-order valence-electron chi connectivity index (χ1n) is 29.7. The van der Waals surface area contributed by atoms with E-state index >= 15 is 0 Å². The summed E-state index contributed by atoms with van der Waals surface area (Å²) in [6, 6.07) is 107. The van der Waals surface area contributed by atoms with Gasteiger partial charge in [0.2, 0.25) is 0 Å². The van der Waals surface area contributed by atoms with Gasteiger partial charge in [0.25, 0.3) is 0 Å². The third-order valence-corrected chi connectivity index (χ3v) is 16.9. The first kappa shape index (κ1) is 53.9. The quantitative estimate of drug-likeness (QED) is 0.0820. The molecule has 0 aliphatic rings. The van der Waals surface area contributed by atoms with Crippen molar-refractivity contribution in [2.24, 2.45) is 4.99 Å². The van der Waals surface area contributed by atoms with Crippen molar-refractivity contribution in [3.8, 4) is 44.5 Å². The number of likely N-dealkylation sites (N-methyl/N-ethyl adjacent to an activating group) is 1. The highest BCUT2D eigenvalue weighted by atomic mass is 16.3. The van der Waals surface area contributed by atoms with Gasteiger partial charge in [-0.1, -0.05) is 249 Å². The number of hydrogen-bond acceptors (Lipinski definition) is 4. The second-order valence-corrected chi connectivity index (χ2v) is 22.3. The Morgan fingerprint density at radius 1 is 0.402 bits per heavy atom. The van der Waals surface area contributed by atoms with Gasteiger partial charge in [-0.15, -0.1) is 0 Å². The van der Waals surface area contributed by atoms with Gasteiger partial charge in [0.05, 0.1) is 5.54 Å². The molecule has 418 valence electrons. The number of hydrogen-bond donors (Lipinski definition) is 1. The van der Waals surface area contributed by atoms with Crippen LogP contribution < -0.4 is 4.90 Å². The molecule has 0 amide bonds. The van der Waals surface area contributed by atoms with E-state index in [0.717, 1.165) is 116 Å². The Kier molecular flexibility index (Phi) is 14.6. The first-order valence-corrected chi connectivity index (χ1v) is 29.7. The number of fused-ring (bicyclic) bond motifs is 6. The van der Waals surface area contributed by atoms with Gasteiger partial charge in [0, 0.05) is 75.2 Å². The highest BCUT2D eigenvalue weighted by Gasteiger charge is 2.46. The van der Waals surface area contributed by atoms with E-state index in [0.29, 0.717) is 29.9 Å². The Balaban J connectivity index is 1.07. The standard InChI is InChI=1S/C81H62N4O2/c1-3-72(61-36-20-9-21-37-61)81(54-56-26-10-4-11-27-56,55-84(2)80(65-43-47-69-67-39-23-25-41-76(67)87-78(69)53-65)83-79(82)64-42-46-68-66-38-22-24-40-75(66)86-77(68)52-64)85(73-48-44-62(57-28-12-5-13-29-57)50-70(73)59-32-16-7-17-33-59)74-49-45-63(58-30-14-6-15-31-58)51-71(74)60-34-18-8-19-35-60/h3-53,82H,54-55H2,1-2H3/b72-3-,82-79?,83-80-. The molecule has 2 heterocycles. The second-order valence-electron chi connectivity index (χ2n) is 22.3. The summed E-state index contributed by atoms with van der Waals surface area (Å²) in [6.07, 6.45) is 2.86. The lowest BCUT2D eigenvalue weighted by atomic mass is 9.76. The minimum Gasteiger partial charge on any atom is -0.456 e. The Morgan fingerprint density at radius 3 is 1.31 bits per heavy atom. The second kappa shape index (κ2) is 23.5. The average molecular weight is 1120 g/mol. The third kappa shape index (κ3) is 10.5. The van der Waals surface area contributed by atoms with Crippen molar-refractivity contribution in [1.82, 2.24) is 4.90 Å². The van der Waals surface area contributed by atoms with Crippen LogP contribution in [0.3, 0.4) is 0 Å². The molecule has 0 aliphatic heterocycles. The number of amidine groups is 2. The summed E-state index contributed by atoms with van der Waals surface area (Å²) in [7, 11) is 2.14. The van der Waals surface area contributed by atoms with Crippen molar-refractivity contribution in [3.05, 3.63) is 332 Å². The van der Waals surface area contributed by atoms with Gasteiger partial charge in [-0.05, 0) is 118 Å². The van der Waals surface area contributed by atoms with Gasteiger partial charge in [0.15, 0.2) is 5.84 Å². The summed E-state index contributed by atoms with van der Waals surface area (Å²) in [5.41, 5.74) is 17.6. The third-order valence-electron chi connectivity index (χ3n) is 16.9. The minimum absolute atomic E-state index is 0.0921. The zero-order valence-electron chi connectivity index (χ0n) is 48.5. The molecule has 1 N–H and O–H groups in total. The van der Waals surface area contributed by atoms with E-state index in [2.05, 4.69) is 279 Å². The fourth-order valence-corrected chi connectivity index (χ4v) is 12.9. The molecule has 2 aromatic heterocycles. The minimum atomic E-state index is -1.01. The van der Waals surface area contributed by atoms with E-state index < -0.39 is 5.54 Å². The number of aliphatic imine (C=N–C) groups is 1. The number of anilines is 2. The molecule has 14 aromatic rings. The lowest BCUT2D eigenvalue weighted by molar-refractivity contribution is 0.385. The number of nitrogens with one attached hydrogen (secondary N) is 1. The summed E-state index contributed by atoms with van der Waals surface area (Å²) < 4.78 is 13.1. The van der Waals surface area contributed by atoms with Crippen LogP contribution in [0.25, 0.3) is 94.0 Å². The first-order chi connectivity index (χ1) is 42.9. The zero-order valence-corrected chi connectivity index (χ0v) is 48.5. The molecule has 1 atom stereocenters. The van der Waals surface area contributed by atoms with E-state index in [1.54, 1.807) is 0 Å². The van der Waals surface area contributed by atoms with E-state index in [-0.39, 0.29) is 5.84 Å². The molecule has 0 fully saturated rings. The Labute approximate surface area is 507 Å². The van der Waals surface area contributed by atoms with Crippen molar-refractivity contribution in [2.75, 3.05) is 18.5 Å². The van der Waals surface area contributed by atoms with Crippen LogP contribution in [-0.2, 0) is 6.42 Å². The lowest BCUT2D eigenvalue weighted by Gasteiger charge is -2.51. The summed E-state index contributed by atoms with van der Waals surface area (Å²) in [4.78, 5) is 10.5. The monoisotopic (exact) mass is 1120 g/mol. The van der Waals surface area contributed by atoms with Gasteiger partial charge in [-0.2, -0.15) is 0 Å². The van der Waals surface area contributed by atoms with Gasteiger partial charge in [-0.3, -0.25) is 5.41 Å². The SMILES string of the molecule is C/C=C(/c1ccccc1)C(Cc1ccccc1)(CN(C)/C(=N\C(=N)c1ccc2c(c1)oc1ccccc12)c1ccc2c(c1)oc1ccccc12)N(c1ccc(-c2ccccc2)cc1-c1ccccc1)c1ccc(-c2ccccc2)cc1-c1ccccc1. The van der Waals surface area contributed by atoms with Crippen LogP contribution in [0.5, 0.6) is 0 Å². The molecule has 0 aliphatic carbocycles. The number of para-hydroxylation sites is 2. The van der Waals surface area contributed by atoms with Crippen LogP contribution in [0, 0.1) is 5.41 Å². The molecule has 6 nitrogen and oxygen atoms in total. The number of rotatable bonds is 15. The summed E-state index contributed by atoms with van der Waals surface area (Å²) in [5.74, 6) is 0.688. The number of benzene rings is 12. The van der Waals surface area contributed by atoms with Gasteiger partial charge < -0.3 is 18.6 Å². The lowest BCUT2D eigenvalue weighted by Crippen LogP contribution is -2.57. The maximum Gasteiger partial charge on any atom is 0.154 e. The molecule has 1 unspecified atom stereocenters. The van der Waals surface area contributed by atoms with Crippen molar-refractivity contribution < 1.29 is 8.83 Å². The Morgan fingerprint density at radius 2 is 0.816 bits per heavy atom. The summed E-state index contributed by atoms with van der Waals surface area (Å²) in [6.45, 7) is 2.54. The summed E-state index contributed by atoms with van der Waals surface area (Å²) in [5, 5.41) is 14.2. The van der Waals surface area contributed by atoms with Crippen LogP contribution in [0.1, 0.15) is 29.2 Å². The average Bonchev–Trinajstić information content (AvgIpc) is 1.79. The topological polar surface area (TPSA) is 69.0 Å². The molecule has 12 aromatic carbocycles. The number of nitrogens with zero attached hydrogens (tertiary/aromatic N) is 3. The Bertz CT molecular complexity index is 4720. The molecule has 0 spiro atoms. The predicted octanol–water partition coefficient (Wildman–Crippen LogP) is 20.8. The normalized spacial score (nSPS) is 12.6. The van der Waals surface area contributed by atoms with Gasteiger partial charge in [0.1, 0.15) is 28.2 Å². The molecule has 0 radical (unpaired) electrons. The molecule has 0 bridgehead atoms. The maximum absolute atomic E-state index is 10.1. The molecule has 87 heavy (non-hydrogen) atoms. The number of furan rings is 2. The van der Waals surface area contributed by atoms with E-state index in [1.165, 1.54) is 0 Å². The maximum atomic E-state index is 10.1. The highest BCUT2D eigenvalue weighted by molar-refractivity contribution is 6.15. The van der Waals surface area contributed by atoms with Crippen LogP contribution in [0.4, 0.5) is 11.4 Å². The molecule has 6 heteroatoms. The van der Waals surface area contributed by atoms with Crippen LogP contribution >= 0.6 is 0 Å². The van der Waals surface area contributed by atoms with Crippen molar-refractivity contribution >= 4 is 72.5 Å². The smallest absolute Gasteiger partial charge is 0.154 e. The van der Waals surface area contributed by atoms with E-state index in [9.17, 15) is 5.41 Å². The molecule has 0 saturated heterocycles. The number of allylic oxidation sites excluding steroid dienone is 1. The fourth-order valence-electron chi connectivity index (χ4n) is 12.9. The Hall–Kier alpha value is -11.1. The van der Waals surface area contributed by atoms with E-state index in [1.807, 2.05) is 54.6 Å². The van der Waals surface area contributed by atoms with Crippen molar-refractivity contribution in [1.29, 1.82) is 5.41 Å². The fraction of sp³-hybridized carbons (Fsp3) is 0.0617. The van der Waals surface area contributed by atoms with E-state index in [4.69, 9.17) is 13.8 Å². The van der Waals surface area contributed by atoms with Gasteiger partial charge in [-0.25, -0.2) is 4.99 Å². The van der Waals surface area contributed by atoms with Crippen molar-refractivity contribution in [3.63, 3.8) is 0 Å². The zero-order chi connectivity index (χ0) is 58.7. The summed E-state index contributed by atoms with van der Waals surface area (Å²) >= 11 is 0. The van der Waals surface area contributed by atoms with Crippen LogP contribution in [0.2, 0.25) is 0 Å². The van der Waals surface area contributed by atoms with Crippen LogP contribution in [0.15, 0.2) is 323 Å². The van der Waals surface area contributed by atoms with Crippen molar-refractivity contribution in [2.45, 2.75) is 18.9 Å².